The predicted molar refractivity (Wildman–Crippen MR) is 58.0 cm³/mol. The quantitative estimate of drug-likeness (QED) is 0.803. The van der Waals surface area contributed by atoms with Crippen molar-refractivity contribution in [2.75, 3.05) is 19.8 Å². The number of rotatable bonds is 1. The Bertz CT molecular complexity index is 476. The Labute approximate surface area is 110 Å². The van der Waals surface area contributed by atoms with Crippen LogP contribution in [0.3, 0.4) is 0 Å². The lowest BCUT2D eigenvalue weighted by Gasteiger charge is -2.27. The maximum atomic E-state index is 12.9. The maximum Gasteiger partial charge on any atom is 0.416 e. The molecular weight excluding hydrogens is 288 g/mol. The molecule has 0 aliphatic carbocycles. The van der Waals surface area contributed by atoms with Crippen molar-refractivity contribution in [2.45, 2.75) is 18.4 Å². The number of alkyl halides is 6. The van der Waals surface area contributed by atoms with Gasteiger partial charge in [-0.2, -0.15) is 26.3 Å². The second-order valence-corrected chi connectivity index (χ2v) is 4.38. The smallest absolute Gasteiger partial charge is 0.378 e. The van der Waals surface area contributed by atoms with Crippen molar-refractivity contribution in [3.05, 3.63) is 34.9 Å². The van der Waals surface area contributed by atoms with Crippen LogP contribution in [0, 0.1) is 0 Å². The predicted octanol–water partition coefficient (Wildman–Crippen LogP) is 3.39. The van der Waals surface area contributed by atoms with E-state index in [-0.39, 0.29) is 13.2 Å². The van der Waals surface area contributed by atoms with Crippen LogP contribution in [0.4, 0.5) is 26.3 Å². The number of hydrogen-bond acceptors (Lipinski definition) is 2. The lowest BCUT2D eigenvalue weighted by atomic mass is 9.96. The summed E-state index contributed by atoms with van der Waals surface area (Å²) in [7, 11) is 0. The zero-order valence-electron chi connectivity index (χ0n) is 10.1. The van der Waals surface area contributed by atoms with Gasteiger partial charge in [0.25, 0.3) is 0 Å². The van der Waals surface area contributed by atoms with Crippen LogP contribution in [-0.2, 0) is 17.1 Å². The molecule has 0 bridgehead atoms. The van der Waals surface area contributed by atoms with Gasteiger partial charge in [-0.25, -0.2) is 0 Å². The summed E-state index contributed by atoms with van der Waals surface area (Å²) >= 11 is 0. The van der Waals surface area contributed by atoms with E-state index < -0.39 is 35.1 Å². The molecule has 1 saturated heterocycles. The molecule has 2 rings (SSSR count). The first kappa shape index (κ1) is 15.1. The Kier molecular flexibility index (Phi) is 3.97. The van der Waals surface area contributed by atoms with Crippen molar-refractivity contribution in [3.8, 4) is 0 Å². The SMILES string of the molecule is FC(F)(F)c1ccc(C(F)(F)F)c([C@H]2COCCN2)c1. The minimum atomic E-state index is -4.71. The Morgan fingerprint density at radius 2 is 1.75 bits per heavy atom. The van der Waals surface area contributed by atoms with Crippen molar-refractivity contribution in [3.63, 3.8) is 0 Å². The first-order valence-corrected chi connectivity index (χ1v) is 5.79. The molecule has 20 heavy (non-hydrogen) atoms. The summed E-state index contributed by atoms with van der Waals surface area (Å²) in [5.74, 6) is 0. The highest BCUT2D eigenvalue weighted by Gasteiger charge is 2.38. The van der Waals surface area contributed by atoms with E-state index in [0.717, 1.165) is 0 Å². The van der Waals surface area contributed by atoms with Gasteiger partial charge in [-0.1, -0.05) is 0 Å². The molecule has 112 valence electrons. The summed E-state index contributed by atoms with van der Waals surface area (Å²) in [6.45, 7) is 0.513. The summed E-state index contributed by atoms with van der Waals surface area (Å²) in [5.41, 5.74) is -2.62. The van der Waals surface area contributed by atoms with Gasteiger partial charge in [0.15, 0.2) is 0 Å². The molecule has 1 aromatic rings. The Hall–Kier alpha value is -1.28. The fourth-order valence-electron chi connectivity index (χ4n) is 2.05. The van der Waals surface area contributed by atoms with Gasteiger partial charge in [0, 0.05) is 6.54 Å². The second-order valence-electron chi connectivity index (χ2n) is 4.38. The molecule has 1 aromatic carbocycles. The van der Waals surface area contributed by atoms with Crippen LogP contribution >= 0.6 is 0 Å². The zero-order valence-corrected chi connectivity index (χ0v) is 10.1. The highest BCUT2D eigenvalue weighted by Crippen LogP contribution is 2.38. The van der Waals surface area contributed by atoms with E-state index in [9.17, 15) is 26.3 Å². The van der Waals surface area contributed by atoms with E-state index in [1.54, 1.807) is 0 Å². The van der Waals surface area contributed by atoms with Crippen molar-refractivity contribution in [1.82, 2.24) is 5.32 Å². The van der Waals surface area contributed by atoms with Gasteiger partial charge in [-0.3, -0.25) is 0 Å². The molecule has 0 radical (unpaired) electrons. The summed E-state index contributed by atoms with van der Waals surface area (Å²) < 4.78 is 81.6. The molecule has 0 unspecified atom stereocenters. The molecule has 1 heterocycles. The molecule has 1 fully saturated rings. The van der Waals surface area contributed by atoms with Crippen molar-refractivity contribution >= 4 is 0 Å². The summed E-state index contributed by atoms with van der Waals surface area (Å²) in [4.78, 5) is 0. The van der Waals surface area contributed by atoms with Gasteiger partial charge in [-0.15, -0.1) is 0 Å². The minimum Gasteiger partial charge on any atom is -0.378 e. The van der Waals surface area contributed by atoms with E-state index in [0.29, 0.717) is 24.8 Å². The number of hydrogen-bond donors (Lipinski definition) is 1. The lowest BCUT2D eigenvalue weighted by Crippen LogP contribution is -2.36. The Morgan fingerprint density at radius 1 is 1.05 bits per heavy atom. The van der Waals surface area contributed by atoms with Gasteiger partial charge in [-0.05, 0) is 23.8 Å². The molecule has 2 nitrogen and oxygen atoms in total. The van der Waals surface area contributed by atoms with E-state index in [1.165, 1.54) is 0 Å². The van der Waals surface area contributed by atoms with Gasteiger partial charge in [0.1, 0.15) is 0 Å². The third-order valence-corrected chi connectivity index (χ3v) is 2.98. The molecule has 1 atom stereocenters. The summed E-state index contributed by atoms with van der Waals surface area (Å²) in [6.07, 6.45) is -9.40. The highest BCUT2D eigenvalue weighted by atomic mass is 19.4. The second kappa shape index (κ2) is 5.25. The van der Waals surface area contributed by atoms with Crippen LogP contribution in [0.2, 0.25) is 0 Å². The first-order chi connectivity index (χ1) is 9.19. The molecular formula is C12H11F6NO. The van der Waals surface area contributed by atoms with Crippen LogP contribution in [0.1, 0.15) is 22.7 Å². The highest BCUT2D eigenvalue weighted by molar-refractivity contribution is 5.37. The third-order valence-electron chi connectivity index (χ3n) is 2.98. The minimum absolute atomic E-state index is 0.0929. The van der Waals surface area contributed by atoms with Crippen molar-refractivity contribution < 1.29 is 31.1 Å². The molecule has 0 amide bonds. The lowest BCUT2D eigenvalue weighted by molar-refractivity contribution is -0.142. The van der Waals surface area contributed by atoms with Crippen molar-refractivity contribution in [2.24, 2.45) is 0 Å². The van der Waals surface area contributed by atoms with Gasteiger partial charge in [0.05, 0.1) is 30.4 Å². The standard InChI is InChI=1S/C12H11F6NO/c13-11(14,15)7-1-2-9(12(16,17)18)8(5-7)10-6-20-4-3-19-10/h1-2,5,10,19H,3-4,6H2/t10-/m1/s1. The van der Waals surface area contributed by atoms with Crippen LogP contribution < -0.4 is 5.32 Å². The number of morpholine rings is 1. The first-order valence-electron chi connectivity index (χ1n) is 5.79. The summed E-state index contributed by atoms with van der Waals surface area (Å²) in [5, 5.41) is 2.73. The average molecular weight is 299 g/mol. The third kappa shape index (κ3) is 3.24. The van der Waals surface area contributed by atoms with Crippen LogP contribution in [0.25, 0.3) is 0 Å². The molecule has 0 aromatic heterocycles. The largest absolute Gasteiger partial charge is 0.416 e. The molecule has 0 spiro atoms. The average Bonchev–Trinajstić information content (AvgIpc) is 2.37. The fourth-order valence-corrected chi connectivity index (χ4v) is 2.05. The maximum absolute atomic E-state index is 12.9. The fraction of sp³-hybridized carbons (Fsp3) is 0.500. The van der Waals surface area contributed by atoms with Gasteiger partial charge < -0.3 is 10.1 Å². The molecule has 1 aliphatic rings. The Balaban J connectivity index is 2.48. The Morgan fingerprint density at radius 3 is 2.25 bits per heavy atom. The number of halogens is 6. The van der Waals surface area contributed by atoms with Gasteiger partial charge >= 0.3 is 12.4 Å². The van der Waals surface area contributed by atoms with E-state index in [2.05, 4.69) is 5.32 Å². The monoisotopic (exact) mass is 299 g/mol. The molecule has 0 saturated carbocycles. The topological polar surface area (TPSA) is 21.3 Å². The normalized spacial score (nSPS) is 21.0. The number of benzene rings is 1. The summed E-state index contributed by atoms with van der Waals surface area (Å²) in [6, 6.07) is 0.544. The van der Waals surface area contributed by atoms with Crippen LogP contribution in [0.15, 0.2) is 18.2 Å². The van der Waals surface area contributed by atoms with Gasteiger partial charge in [0.2, 0.25) is 0 Å². The van der Waals surface area contributed by atoms with Crippen LogP contribution in [-0.4, -0.2) is 19.8 Å². The zero-order chi connectivity index (χ0) is 15.0. The van der Waals surface area contributed by atoms with E-state index in [1.807, 2.05) is 0 Å². The number of ether oxygens (including phenoxy) is 1. The van der Waals surface area contributed by atoms with Crippen LogP contribution in [0.5, 0.6) is 0 Å². The molecule has 1 aliphatic heterocycles. The molecule has 8 heteroatoms. The van der Waals surface area contributed by atoms with Crippen molar-refractivity contribution in [1.29, 1.82) is 0 Å². The number of nitrogens with one attached hydrogen (secondary N) is 1. The molecule has 1 N–H and O–H groups in total. The van der Waals surface area contributed by atoms with E-state index >= 15 is 0 Å². The van der Waals surface area contributed by atoms with E-state index in [4.69, 9.17) is 4.74 Å².